The molecular weight excluding hydrogens is 864 g/mol. The van der Waals surface area contributed by atoms with Gasteiger partial charge in [0.2, 0.25) is 0 Å². The first-order valence-electron chi connectivity index (χ1n) is 18.9. The quantitative estimate of drug-likeness (QED) is 0.165. The summed E-state index contributed by atoms with van der Waals surface area (Å²) in [4.78, 5) is 11.0. The molecule has 8 aromatic rings. The zero-order valence-corrected chi connectivity index (χ0v) is 36.1. The van der Waals surface area contributed by atoms with E-state index in [1.54, 1.807) is 11.3 Å². The molecule has 0 atom stereocenters. The fraction of sp³-hybridized carbons (Fsp3) is 0.0588. The Kier molecular flexibility index (Phi) is 9.45. The van der Waals surface area contributed by atoms with Crippen molar-refractivity contribution in [2.75, 3.05) is 0 Å². The predicted molar refractivity (Wildman–Crippen MR) is 259 cm³/mol. The van der Waals surface area contributed by atoms with Crippen molar-refractivity contribution in [1.82, 2.24) is 9.97 Å². The summed E-state index contributed by atoms with van der Waals surface area (Å²) in [5.41, 5.74) is 16.7. The van der Waals surface area contributed by atoms with Crippen LogP contribution in [0.25, 0.3) is 97.0 Å². The summed E-state index contributed by atoms with van der Waals surface area (Å²) in [6, 6.07) is 49.0. The molecule has 0 fully saturated rings. The number of fused-ring (bicyclic) bond motifs is 11. The van der Waals surface area contributed by atoms with Crippen LogP contribution in [0.4, 0.5) is 0 Å². The standard InChI is InChI=1S/C51H35IN2S3/c1-30-4-10-33(11-5-30)48-38-20-21-39(53-38)49(34-12-6-31(2)7-13-34)46-28-29-47(57-46)50(35-14-8-32(3)9-15-35)40-22-23-41(54-40)51(36-16-18-37(52)19-17-36)45-27-25-43(56-45)42-24-26-44(48)55-42/h4-29H,1-3H3. The summed E-state index contributed by atoms with van der Waals surface area (Å²) in [6.45, 7) is 6.43. The minimum absolute atomic E-state index is 0.964. The van der Waals surface area contributed by atoms with Gasteiger partial charge in [-0.15, -0.1) is 34.0 Å². The van der Waals surface area contributed by atoms with Crippen LogP contribution in [0.15, 0.2) is 133 Å². The highest BCUT2D eigenvalue weighted by molar-refractivity contribution is 14.1. The van der Waals surface area contributed by atoms with Crippen LogP contribution in [-0.4, -0.2) is 9.97 Å². The third kappa shape index (κ3) is 6.95. The largest absolute Gasteiger partial charge is 0.248 e. The van der Waals surface area contributed by atoms with E-state index in [9.17, 15) is 0 Å². The van der Waals surface area contributed by atoms with Crippen LogP contribution >= 0.6 is 56.6 Å². The summed E-state index contributed by atoms with van der Waals surface area (Å²) in [5.74, 6) is 0. The van der Waals surface area contributed by atoms with Crippen LogP contribution in [0.1, 0.15) is 39.5 Å². The summed E-state index contributed by atoms with van der Waals surface area (Å²) >= 11 is 7.85. The third-order valence-corrected chi connectivity index (χ3v) is 14.7. The van der Waals surface area contributed by atoms with Gasteiger partial charge in [0.25, 0.3) is 0 Å². The number of aromatic nitrogens is 2. The van der Waals surface area contributed by atoms with Gasteiger partial charge in [-0.1, -0.05) is 102 Å². The Balaban J connectivity index is 1.38. The van der Waals surface area contributed by atoms with Gasteiger partial charge >= 0.3 is 0 Å². The second-order valence-electron chi connectivity index (χ2n) is 14.5. The molecule has 2 aliphatic heterocycles. The maximum atomic E-state index is 5.50. The molecule has 2 aliphatic rings. The molecule has 4 aromatic heterocycles. The number of halogens is 1. The van der Waals surface area contributed by atoms with E-state index < -0.39 is 0 Å². The molecule has 0 aliphatic carbocycles. The van der Waals surface area contributed by atoms with Gasteiger partial charge in [0.05, 0.1) is 22.8 Å². The van der Waals surface area contributed by atoms with Gasteiger partial charge in [-0.25, -0.2) is 9.97 Å². The second kappa shape index (κ2) is 14.9. The smallest absolute Gasteiger partial charge is 0.0730 e. The van der Waals surface area contributed by atoms with Crippen LogP contribution in [0.3, 0.4) is 0 Å². The summed E-state index contributed by atoms with van der Waals surface area (Å²) in [7, 11) is 0. The van der Waals surface area contributed by atoms with Crippen molar-refractivity contribution in [3.05, 3.63) is 176 Å². The number of hydrogen-bond donors (Lipinski definition) is 0. The van der Waals surface area contributed by atoms with Crippen molar-refractivity contribution in [2.45, 2.75) is 20.8 Å². The molecule has 0 amide bonds. The Hall–Kier alpha value is -5.25. The Labute approximate surface area is 358 Å². The minimum atomic E-state index is 0.964. The lowest BCUT2D eigenvalue weighted by atomic mass is 10.0. The molecule has 2 nitrogen and oxygen atoms in total. The van der Waals surface area contributed by atoms with Crippen LogP contribution in [0.2, 0.25) is 0 Å². The van der Waals surface area contributed by atoms with Crippen molar-refractivity contribution in [3.63, 3.8) is 0 Å². The van der Waals surface area contributed by atoms with Gasteiger partial charge in [-0.3, -0.25) is 0 Å². The van der Waals surface area contributed by atoms with Gasteiger partial charge in [-0.05, 0) is 138 Å². The van der Waals surface area contributed by atoms with Crippen molar-refractivity contribution in [3.8, 4) is 44.5 Å². The number of thiophene rings is 3. The monoisotopic (exact) mass is 898 g/mol. The molecule has 0 N–H and O–H groups in total. The highest BCUT2D eigenvalue weighted by Gasteiger charge is 2.19. The zero-order chi connectivity index (χ0) is 38.6. The van der Waals surface area contributed by atoms with Crippen molar-refractivity contribution in [2.24, 2.45) is 0 Å². The highest BCUT2D eigenvalue weighted by atomic mass is 127. The third-order valence-electron chi connectivity index (χ3n) is 10.5. The van der Waals surface area contributed by atoms with E-state index in [-0.39, 0.29) is 0 Å². The van der Waals surface area contributed by atoms with Gasteiger partial charge in [0.1, 0.15) is 0 Å². The maximum Gasteiger partial charge on any atom is 0.0730 e. The van der Waals surface area contributed by atoms with Gasteiger partial charge in [0, 0.05) is 54.0 Å². The predicted octanol–water partition coefficient (Wildman–Crippen LogP) is 16.1. The Bertz CT molecular complexity index is 2910. The zero-order valence-electron chi connectivity index (χ0n) is 31.5. The molecule has 4 aromatic carbocycles. The van der Waals surface area contributed by atoms with E-state index in [1.165, 1.54) is 48.5 Å². The van der Waals surface area contributed by atoms with E-state index in [4.69, 9.17) is 9.97 Å². The van der Waals surface area contributed by atoms with Crippen LogP contribution in [0, 0.1) is 24.3 Å². The maximum absolute atomic E-state index is 5.50. The van der Waals surface area contributed by atoms with Crippen LogP contribution in [-0.2, 0) is 0 Å². The van der Waals surface area contributed by atoms with Gasteiger partial charge < -0.3 is 0 Å². The Morgan fingerprint density at radius 3 is 0.860 bits per heavy atom. The average Bonchev–Trinajstić information content (AvgIpc) is 4.08. The molecule has 0 saturated heterocycles. The van der Waals surface area contributed by atoms with E-state index in [1.807, 2.05) is 22.7 Å². The van der Waals surface area contributed by atoms with E-state index >= 15 is 0 Å². The highest BCUT2D eigenvalue weighted by Crippen LogP contribution is 2.43. The van der Waals surface area contributed by atoms with Crippen LogP contribution in [0.5, 0.6) is 0 Å². The lowest BCUT2D eigenvalue weighted by Gasteiger charge is -2.06. The number of rotatable bonds is 4. The summed E-state index contributed by atoms with van der Waals surface area (Å²) in [5, 5.41) is 0. The molecule has 0 unspecified atom stereocenters. The summed E-state index contributed by atoms with van der Waals surface area (Å²) in [6.07, 6.45) is 8.81. The molecular formula is C51H35IN2S3. The average molecular weight is 899 g/mol. The minimum Gasteiger partial charge on any atom is -0.248 e. The van der Waals surface area contributed by atoms with E-state index in [2.05, 4.69) is 201 Å². The number of nitrogens with zero attached hydrogens (tertiary/aromatic N) is 2. The van der Waals surface area contributed by atoms with E-state index in [0.29, 0.717) is 0 Å². The fourth-order valence-corrected chi connectivity index (χ4v) is 11.3. The fourth-order valence-electron chi connectivity index (χ4n) is 7.54. The van der Waals surface area contributed by atoms with Crippen molar-refractivity contribution in [1.29, 1.82) is 0 Å². The van der Waals surface area contributed by atoms with E-state index in [0.717, 1.165) is 67.3 Å². The molecule has 274 valence electrons. The SMILES string of the molecule is Cc1ccc(-c2c3nc(c(-c4ccc(C)cc4)c4ccc(s4)c4ccc(s4)c(-c4ccc(I)cc4)c4nc(c(-c5ccc(C)cc5)c5ccc2s5)C=C4)C=C3)cc1. The first-order chi connectivity index (χ1) is 27.8. The molecule has 0 radical (unpaired) electrons. The molecule has 57 heavy (non-hydrogen) atoms. The normalized spacial score (nSPS) is 12.1. The number of aryl methyl sites for hydroxylation is 3. The molecule has 6 heterocycles. The Morgan fingerprint density at radius 1 is 0.316 bits per heavy atom. The lowest BCUT2D eigenvalue weighted by molar-refractivity contribution is 1.33. The van der Waals surface area contributed by atoms with Crippen molar-refractivity contribution >= 4 is 109 Å². The van der Waals surface area contributed by atoms with Gasteiger partial charge in [0.15, 0.2) is 0 Å². The van der Waals surface area contributed by atoms with Gasteiger partial charge in [-0.2, -0.15) is 0 Å². The topological polar surface area (TPSA) is 25.8 Å². The Morgan fingerprint density at radius 2 is 0.561 bits per heavy atom. The lowest BCUT2D eigenvalue weighted by Crippen LogP contribution is -1.87. The number of benzene rings is 4. The molecule has 10 bridgehead atoms. The number of hydrogen-bond acceptors (Lipinski definition) is 5. The first-order valence-corrected chi connectivity index (χ1v) is 22.4. The molecule has 10 rings (SSSR count). The molecule has 6 heteroatoms. The molecule has 0 spiro atoms. The second-order valence-corrected chi connectivity index (χ2v) is 19.0. The molecule has 0 saturated carbocycles. The first kappa shape index (κ1) is 36.1. The van der Waals surface area contributed by atoms with Crippen LogP contribution < -0.4 is 0 Å². The summed E-state index contributed by atoms with van der Waals surface area (Å²) < 4.78 is 8.41. The van der Waals surface area contributed by atoms with Crippen molar-refractivity contribution < 1.29 is 0 Å².